The number of rotatable bonds is 5. The van der Waals surface area contributed by atoms with E-state index in [4.69, 9.17) is 18.0 Å². The number of amides is 1. The molecule has 0 aromatic heterocycles. The van der Waals surface area contributed by atoms with Crippen molar-refractivity contribution >= 4 is 51.3 Å². The Morgan fingerprint density at radius 1 is 0.906 bits per heavy atom. The maximum absolute atomic E-state index is 12.5. The molecule has 1 amide bonds. The molecule has 0 atom stereocenters. The number of thiocarbonyl (C=S) groups is 1. The molecule has 1 aliphatic heterocycles. The first kappa shape index (κ1) is 22.2. The predicted octanol–water partition coefficient (Wildman–Crippen LogP) is 4.86. The van der Waals surface area contributed by atoms with Crippen LogP contribution in [-0.4, -0.2) is 41.3 Å². The van der Waals surface area contributed by atoms with Gasteiger partial charge in [-0.3, -0.25) is 4.79 Å². The predicted molar refractivity (Wildman–Crippen MR) is 139 cm³/mol. The van der Waals surface area contributed by atoms with Gasteiger partial charge in [0, 0.05) is 43.2 Å². The van der Waals surface area contributed by atoms with Crippen molar-refractivity contribution in [3.63, 3.8) is 0 Å². The number of piperazine rings is 1. The molecule has 3 aromatic rings. The molecule has 164 valence electrons. The summed E-state index contributed by atoms with van der Waals surface area (Å²) in [5.41, 5.74) is 10.1. The van der Waals surface area contributed by atoms with Crippen molar-refractivity contribution in [1.82, 2.24) is 4.90 Å². The Kier molecular flexibility index (Phi) is 7.29. The minimum atomic E-state index is -0.172. The summed E-state index contributed by atoms with van der Waals surface area (Å²) < 4.78 is 0.930. The molecule has 7 heteroatoms. The summed E-state index contributed by atoms with van der Waals surface area (Å²) in [5, 5.41) is 2.85. The molecule has 0 spiro atoms. The topological polar surface area (TPSA) is 61.6 Å². The van der Waals surface area contributed by atoms with E-state index in [-0.39, 0.29) is 5.91 Å². The SMILES string of the molecule is Nc1ccccc1NC(=O)c1ccc(CSC(=S)N2CCN(c3ccccc3)CC2)cc1. The smallest absolute Gasteiger partial charge is 0.255 e. The van der Waals surface area contributed by atoms with Crippen molar-refractivity contribution in [2.45, 2.75) is 5.75 Å². The van der Waals surface area contributed by atoms with E-state index in [1.54, 1.807) is 23.9 Å². The van der Waals surface area contributed by atoms with Crippen LogP contribution in [0.3, 0.4) is 0 Å². The van der Waals surface area contributed by atoms with Gasteiger partial charge in [-0.15, -0.1) is 0 Å². The summed E-state index contributed by atoms with van der Waals surface area (Å²) in [4.78, 5) is 17.2. The van der Waals surface area contributed by atoms with Gasteiger partial charge in [-0.05, 0) is 42.0 Å². The fraction of sp³-hybridized carbons (Fsp3) is 0.200. The second-order valence-corrected chi connectivity index (χ2v) is 9.21. The van der Waals surface area contributed by atoms with Crippen LogP contribution >= 0.6 is 24.0 Å². The second kappa shape index (κ2) is 10.5. The summed E-state index contributed by atoms with van der Waals surface area (Å²) in [7, 11) is 0. The Hall–Kier alpha value is -3.03. The number of nitrogen functional groups attached to an aromatic ring is 1. The number of nitrogens with two attached hydrogens (primary N) is 1. The van der Waals surface area contributed by atoms with Crippen LogP contribution in [0, 0.1) is 0 Å². The van der Waals surface area contributed by atoms with E-state index in [2.05, 4.69) is 39.4 Å². The summed E-state index contributed by atoms with van der Waals surface area (Å²) in [5.74, 6) is 0.611. The lowest BCUT2D eigenvalue weighted by atomic mass is 10.1. The quantitative estimate of drug-likeness (QED) is 0.417. The number of carbonyl (C=O) groups excluding carboxylic acids is 1. The highest BCUT2D eigenvalue weighted by Crippen LogP contribution is 2.22. The van der Waals surface area contributed by atoms with Gasteiger partial charge in [0.1, 0.15) is 4.32 Å². The Balaban J connectivity index is 1.25. The molecule has 3 aromatic carbocycles. The van der Waals surface area contributed by atoms with Crippen LogP contribution in [0.5, 0.6) is 0 Å². The highest BCUT2D eigenvalue weighted by Gasteiger charge is 2.19. The molecule has 32 heavy (non-hydrogen) atoms. The van der Waals surface area contributed by atoms with Gasteiger partial charge >= 0.3 is 0 Å². The van der Waals surface area contributed by atoms with Crippen molar-refractivity contribution in [2.75, 3.05) is 42.1 Å². The number of para-hydroxylation sites is 3. The number of thioether (sulfide) groups is 1. The van der Waals surface area contributed by atoms with Gasteiger partial charge in [0.2, 0.25) is 0 Å². The molecular formula is C25H26N4OS2. The maximum Gasteiger partial charge on any atom is 0.255 e. The third-order valence-corrected chi connectivity index (χ3v) is 7.04. The number of benzene rings is 3. The van der Waals surface area contributed by atoms with Crippen molar-refractivity contribution in [3.05, 3.63) is 90.0 Å². The molecule has 5 nitrogen and oxygen atoms in total. The first-order chi connectivity index (χ1) is 15.6. The molecule has 1 heterocycles. The zero-order valence-electron chi connectivity index (χ0n) is 17.7. The number of hydrogen-bond acceptors (Lipinski definition) is 5. The lowest BCUT2D eigenvalue weighted by Gasteiger charge is -2.37. The number of anilines is 3. The van der Waals surface area contributed by atoms with Gasteiger partial charge in [0.05, 0.1) is 11.4 Å². The van der Waals surface area contributed by atoms with Crippen LogP contribution in [0.15, 0.2) is 78.9 Å². The van der Waals surface area contributed by atoms with Crippen molar-refractivity contribution in [1.29, 1.82) is 0 Å². The Labute approximate surface area is 198 Å². The molecule has 0 saturated carbocycles. The molecule has 0 unspecified atom stereocenters. The van der Waals surface area contributed by atoms with Crippen LogP contribution in [0.1, 0.15) is 15.9 Å². The van der Waals surface area contributed by atoms with E-state index in [0.29, 0.717) is 16.9 Å². The normalized spacial score (nSPS) is 13.6. The monoisotopic (exact) mass is 462 g/mol. The number of nitrogens with one attached hydrogen (secondary N) is 1. The van der Waals surface area contributed by atoms with Gasteiger partial charge in [-0.1, -0.05) is 66.4 Å². The third-order valence-electron chi connectivity index (χ3n) is 5.45. The molecule has 3 N–H and O–H groups in total. The fourth-order valence-corrected chi connectivity index (χ4v) is 4.79. The average Bonchev–Trinajstić information content (AvgIpc) is 2.85. The van der Waals surface area contributed by atoms with Gasteiger partial charge in [0.25, 0.3) is 5.91 Å². The number of hydrogen-bond donors (Lipinski definition) is 2. The van der Waals surface area contributed by atoms with Crippen LogP contribution in [0.4, 0.5) is 17.1 Å². The van der Waals surface area contributed by atoms with Crippen molar-refractivity contribution < 1.29 is 4.79 Å². The molecule has 0 radical (unpaired) electrons. The lowest BCUT2D eigenvalue weighted by Crippen LogP contribution is -2.47. The fourth-order valence-electron chi connectivity index (χ4n) is 3.58. The largest absolute Gasteiger partial charge is 0.397 e. The number of carbonyl (C=O) groups is 1. The van der Waals surface area contributed by atoms with Crippen LogP contribution in [-0.2, 0) is 5.75 Å². The van der Waals surface area contributed by atoms with E-state index in [9.17, 15) is 4.79 Å². The minimum Gasteiger partial charge on any atom is -0.397 e. The molecule has 4 rings (SSSR count). The summed E-state index contributed by atoms with van der Waals surface area (Å²) in [6.07, 6.45) is 0. The molecular weight excluding hydrogens is 436 g/mol. The molecule has 0 aliphatic carbocycles. The maximum atomic E-state index is 12.5. The highest BCUT2D eigenvalue weighted by molar-refractivity contribution is 8.22. The summed E-state index contributed by atoms with van der Waals surface area (Å²) in [6, 6.07) is 25.4. The zero-order chi connectivity index (χ0) is 22.3. The molecule has 0 bridgehead atoms. The van der Waals surface area contributed by atoms with E-state index in [1.165, 1.54) is 5.69 Å². The van der Waals surface area contributed by atoms with Crippen LogP contribution < -0.4 is 16.0 Å². The summed E-state index contributed by atoms with van der Waals surface area (Å²) >= 11 is 7.35. The van der Waals surface area contributed by atoms with Gasteiger partial charge in [-0.2, -0.15) is 0 Å². The van der Waals surface area contributed by atoms with E-state index in [1.807, 2.05) is 42.5 Å². The van der Waals surface area contributed by atoms with E-state index < -0.39 is 0 Å². The minimum absolute atomic E-state index is 0.172. The Morgan fingerprint density at radius 3 is 2.25 bits per heavy atom. The Bertz CT molecular complexity index is 1060. The highest BCUT2D eigenvalue weighted by atomic mass is 32.2. The molecule has 1 aliphatic rings. The summed E-state index contributed by atoms with van der Waals surface area (Å²) in [6.45, 7) is 3.81. The van der Waals surface area contributed by atoms with Crippen molar-refractivity contribution in [3.8, 4) is 0 Å². The number of nitrogens with zero attached hydrogens (tertiary/aromatic N) is 2. The van der Waals surface area contributed by atoms with E-state index >= 15 is 0 Å². The molecule has 1 fully saturated rings. The van der Waals surface area contributed by atoms with E-state index in [0.717, 1.165) is 41.8 Å². The van der Waals surface area contributed by atoms with Gasteiger partial charge < -0.3 is 20.9 Å². The standard InChI is InChI=1S/C25H26N4OS2/c26-22-8-4-5-9-23(22)27-24(30)20-12-10-19(11-13-20)18-32-25(31)29-16-14-28(15-17-29)21-6-2-1-3-7-21/h1-13H,14-18,26H2,(H,27,30). The third kappa shape index (κ3) is 5.60. The van der Waals surface area contributed by atoms with Crippen LogP contribution in [0.2, 0.25) is 0 Å². The first-order valence-corrected chi connectivity index (χ1v) is 12.0. The lowest BCUT2D eigenvalue weighted by molar-refractivity contribution is 0.102. The van der Waals surface area contributed by atoms with Gasteiger partial charge in [-0.25, -0.2) is 0 Å². The Morgan fingerprint density at radius 2 is 1.56 bits per heavy atom. The average molecular weight is 463 g/mol. The second-order valence-electron chi connectivity index (χ2n) is 7.60. The van der Waals surface area contributed by atoms with Crippen molar-refractivity contribution in [2.24, 2.45) is 0 Å². The molecule has 1 saturated heterocycles. The van der Waals surface area contributed by atoms with Crippen LogP contribution in [0.25, 0.3) is 0 Å². The van der Waals surface area contributed by atoms with Gasteiger partial charge in [0.15, 0.2) is 0 Å². The zero-order valence-corrected chi connectivity index (χ0v) is 19.4. The first-order valence-electron chi connectivity index (χ1n) is 10.6.